The van der Waals surface area contributed by atoms with Gasteiger partial charge in [0.2, 0.25) is 5.75 Å². The molecule has 0 saturated carbocycles. The fraction of sp³-hybridized carbons (Fsp3) is 0. The average molecular weight is 410 g/mol. The number of phenolic OH excluding ortho intramolecular Hbond substituents is 1. The maximum atomic E-state index is 11.0. The summed E-state index contributed by atoms with van der Waals surface area (Å²) in [5.41, 5.74) is 2.19. The number of fused-ring (bicyclic) bond motifs is 1. The first kappa shape index (κ1) is 18.1. The van der Waals surface area contributed by atoms with Crippen molar-refractivity contribution in [1.29, 1.82) is 0 Å². The van der Waals surface area contributed by atoms with Crippen LogP contribution < -0.4 is 0 Å². The van der Waals surface area contributed by atoms with Crippen molar-refractivity contribution >= 4 is 50.7 Å². The van der Waals surface area contributed by atoms with Crippen molar-refractivity contribution in [2.24, 2.45) is 4.99 Å². The lowest BCUT2D eigenvalue weighted by Crippen LogP contribution is -1.92. The number of para-hydroxylation sites is 1. The van der Waals surface area contributed by atoms with E-state index in [0.29, 0.717) is 5.69 Å². The molecular formula is C20H12ClN3O3S. The molecule has 0 unspecified atom stereocenters. The van der Waals surface area contributed by atoms with Crippen LogP contribution in [0.4, 0.5) is 11.4 Å². The predicted octanol–water partition coefficient (Wildman–Crippen LogP) is 5.98. The number of thiazole rings is 1. The Labute approximate surface area is 168 Å². The zero-order valence-corrected chi connectivity index (χ0v) is 15.8. The Kier molecular flexibility index (Phi) is 4.77. The Hall–Kier alpha value is -3.29. The van der Waals surface area contributed by atoms with E-state index < -0.39 is 16.4 Å². The summed E-state index contributed by atoms with van der Waals surface area (Å²) >= 11 is 7.50. The van der Waals surface area contributed by atoms with E-state index in [1.165, 1.54) is 12.3 Å². The Morgan fingerprint density at radius 2 is 1.96 bits per heavy atom. The molecule has 0 aliphatic rings. The molecule has 4 aromatic rings. The standard InChI is InChI=1S/C20H12ClN3O3S/c21-14-8-13(19(25)17(10-14)24(26)27)11-22-15-5-3-4-12(9-15)20-23-16-6-1-2-7-18(16)28-20/h1-11,25H. The Balaban J connectivity index is 1.68. The van der Waals surface area contributed by atoms with Crippen LogP contribution in [-0.2, 0) is 0 Å². The van der Waals surface area contributed by atoms with E-state index in [2.05, 4.69) is 9.98 Å². The highest BCUT2D eigenvalue weighted by molar-refractivity contribution is 7.21. The number of benzene rings is 3. The number of aliphatic imine (C=N–C) groups is 1. The van der Waals surface area contributed by atoms with Gasteiger partial charge in [-0.2, -0.15) is 0 Å². The van der Waals surface area contributed by atoms with Crippen LogP contribution in [0.3, 0.4) is 0 Å². The highest BCUT2D eigenvalue weighted by Gasteiger charge is 2.17. The van der Waals surface area contributed by atoms with Gasteiger partial charge in [0.25, 0.3) is 0 Å². The lowest BCUT2D eigenvalue weighted by atomic mass is 10.2. The molecule has 0 saturated heterocycles. The molecule has 1 heterocycles. The number of rotatable bonds is 4. The molecule has 138 valence electrons. The monoisotopic (exact) mass is 409 g/mol. The lowest BCUT2D eigenvalue weighted by molar-refractivity contribution is -0.385. The first-order valence-electron chi connectivity index (χ1n) is 8.18. The Morgan fingerprint density at radius 3 is 2.75 bits per heavy atom. The number of hydrogen-bond acceptors (Lipinski definition) is 6. The first-order valence-corrected chi connectivity index (χ1v) is 9.38. The number of aromatic hydroxyl groups is 1. The van der Waals surface area contributed by atoms with Gasteiger partial charge in [-0.05, 0) is 30.3 Å². The summed E-state index contributed by atoms with van der Waals surface area (Å²) in [6.07, 6.45) is 1.35. The van der Waals surface area contributed by atoms with Crippen molar-refractivity contribution in [2.75, 3.05) is 0 Å². The number of hydrogen-bond donors (Lipinski definition) is 1. The van der Waals surface area contributed by atoms with E-state index in [1.54, 1.807) is 17.4 Å². The number of halogens is 1. The molecule has 0 aliphatic carbocycles. The van der Waals surface area contributed by atoms with Gasteiger partial charge < -0.3 is 5.11 Å². The van der Waals surface area contributed by atoms with Crippen molar-refractivity contribution in [3.8, 4) is 16.3 Å². The fourth-order valence-electron chi connectivity index (χ4n) is 2.70. The van der Waals surface area contributed by atoms with Crippen molar-refractivity contribution in [2.45, 2.75) is 0 Å². The average Bonchev–Trinajstić information content (AvgIpc) is 3.13. The van der Waals surface area contributed by atoms with Gasteiger partial charge in [-0.3, -0.25) is 15.1 Å². The van der Waals surface area contributed by atoms with Gasteiger partial charge in [0.05, 0.1) is 20.8 Å². The van der Waals surface area contributed by atoms with Crippen molar-refractivity contribution in [1.82, 2.24) is 4.98 Å². The zero-order chi connectivity index (χ0) is 19.7. The van der Waals surface area contributed by atoms with Crippen LogP contribution in [0.25, 0.3) is 20.8 Å². The SMILES string of the molecule is O=[N+]([O-])c1cc(Cl)cc(C=Nc2cccc(-c3nc4ccccc4s3)c2)c1O. The zero-order valence-electron chi connectivity index (χ0n) is 14.2. The molecule has 0 aliphatic heterocycles. The summed E-state index contributed by atoms with van der Waals surface area (Å²) in [5, 5.41) is 22.1. The lowest BCUT2D eigenvalue weighted by Gasteiger charge is -2.02. The molecule has 8 heteroatoms. The van der Waals surface area contributed by atoms with Gasteiger partial charge in [-0.25, -0.2) is 4.98 Å². The topological polar surface area (TPSA) is 88.6 Å². The molecule has 0 fully saturated rings. The second-order valence-corrected chi connectivity index (χ2v) is 7.38. The van der Waals surface area contributed by atoms with Gasteiger partial charge in [-0.15, -0.1) is 11.3 Å². The quantitative estimate of drug-likeness (QED) is 0.255. The molecule has 28 heavy (non-hydrogen) atoms. The largest absolute Gasteiger partial charge is 0.502 e. The van der Waals surface area contributed by atoms with Crippen LogP contribution in [0.2, 0.25) is 5.02 Å². The van der Waals surface area contributed by atoms with Crippen LogP contribution in [0.5, 0.6) is 5.75 Å². The van der Waals surface area contributed by atoms with Crippen LogP contribution in [0, 0.1) is 10.1 Å². The van der Waals surface area contributed by atoms with Crippen LogP contribution in [0.15, 0.2) is 65.7 Å². The molecule has 4 rings (SSSR count). The van der Waals surface area contributed by atoms with Crippen molar-refractivity contribution in [3.63, 3.8) is 0 Å². The summed E-state index contributed by atoms with van der Waals surface area (Å²) < 4.78 is 1.10. The maximum Gasteiger partial charge on any atom is 0.312 e. The highest BCUT2D eigenvalue weighted by Crippen LogP contribution is 2.34. The van der Waals surface area contributed by atoms with Crippen molar-refractivity contribution in [3.05, 3.63) is 81.4 Å². The molecule has 1 aromatic heterocycles. The second kappa shape index (κ2) is 7.38. The van der Waals surface area contributed by atoms with Gasteiger partial charge in [0.15, 0.2) is 0 Å². The molecule has 0 radical (unpaired) electrons. The molecule has 3 aromatic carbocycles. The van der Waals surface area contributed by atoms with E-state index in [0.717, 1.165) is 26.9 Å². The number of nitro groups is 1. The number of nitro benzene ring substituents is 1. The molecule has 6 nitrogen and oxygen atoms in total. The van der Waals surface area contributed by atoms with Crippen LogP contribution >= 0.6 is 22.9 Å². The van der Waals surface area contributed by atoms with E-state index in [9.17, 15) is 15.2 Å². The van der Waals surface area contributed by atoms with Gasteiger partial charge in [0.1, 0.15) is 5.01 Å². The van der Waals surface area contributed by atoms with Gasteiger partial charge in [-0.1, -0.05) is 35.9 Å². The molecule has 0 bridgehead atoms. The van der Waals surface area contributed by atoms with E-state index in [1.807, 2.05) is 42.5 Å². The van der Waals surface area contributed by atoms with E-state index >= 15 is 0 Å². The maximum absolute atomic E-state index is 11.0. The third-order valence-electron chi connectivity index (χ3n) is 4.02. The summed E-state index contributed by atoms with van der Waals surface area (Å²) in [6, 6.07) is 17.9. The Morgan fingerprint density at radius 1 is 1.14 bits per heavy atom. The fourth-order valence-corrected chi connectivity index (χ4v) is 3.88. The van der Waals surface area contributed by atoms with E-state index in [-0.39, 0.29) is 10.6 Å². The summed E-state index contributed by atoms with van der Waals surface area (Å²) in [6.45, 7) is 0. The third kappa shape index (κ3) is 3.58. The van der Waals surface area contributed by atoms with Gasteiger partial charge in [0, 0.05) is 28.4 Å². The highest BCUT2D eigenvalue weighted by atomic mass is 35.5. The number of phenols is 1. The summed E-state index contributed by atoms with van der Waals surface area (Å²) in [4.78, 5) is 19.3. The smallest absolute Gasteiger partial charge is 0.312 e. The first-order chi connectivity index (χ1) is 13.5. The molecule has 0 amide bonds. The predicted molar refractivity (Wildman–Crippen MR) is 112 cm³/mol. The van der Waals surface area contributed by atoms with Crippen LogP contribution in [0.1, 0.15) is 5.56 Å². The normalized spacial score (nSPS) is 11.3. The molecule has 0 atom stereocenters. The minimum atomic E-state index is -0.688. The molecular weight excluding hydrogens is 398 g/mol. The van der Waals surface area contributed by atoms with Gasteiger partial charge >= 0.3 is 5.69 Å². The number of aromatic nitrogens is 1. The number of nitrogens with zero attached hydrogens (tertiary/aromatic N) is 3. The summed E-state index contributed by atoms with van der Waals surface area (Å²) in [7, 11) is 0. The second-order valence-electron chi connectivity index (χ2n) is 5.92. The Bertz CT molecular complexity index is 1200. The third-order valence-corrected chi connectivity index (χ3v) is 5.32. The molecule has 1 N–H and O–H groups in total. The summed E-state index contributed by atoms with van der Waals surface area (Å²) in [5.74, 6) is -0.472. The minimum absolute atomic E-state index is 0.147. The van der Waals surface area contributed by atoms with Crippen molar-refractivity contribution < 1.29 is 10.0 Å². The van der Waals surface area contributed by atoms with Crippen LogP contribution in [-0.4, -0.2) is 21.2 Å². The minimum Gasteiger partial charge on any atom is -0.502 e. The van der Waals surface area contributed by atoms with E-state index in [4.69, 9.17) is 11.6 Å². The molecule has 0 spiro atoms.